The third kappa shape index (κ3) is 4.56. The molecule has 2 N–H and O–H groups in total. The zero-order valence-corrected chi connectivity index (χ0v) is 7.42. The summed E-state index contributed by atoms with van der Waals surface area (Å²) in [6.07, 6.45) is 2.50. The Morgan fingerprint density at radius 2 is 2.09 bits per heavy atom. The van der Waals surface area contributed by atoms with Crippen molar-refractivity contribution in [3.8, 4) is 0 Å². The first-order valence-corrected chi connectivity index (χ1v) is 3.67. The summed E-state index contributed by atoms with van der Waals surface area (Å²) in [5, 5.41) is 0. The van der Waals surface area contributed by atoms with Gasteiger partial charge in [-0.1, -0.05) is 6.08 Å². The van der Waals surface area contributed by atoms with Gasteiger partial charge in [0.2, 0.25) is 5.91 Å². The molecule has 0 spiro atoms. The van der Waals surface area contributed by atoms with Crippen molar-refractivity contribution in [2.75, 3.05) is 20.6 Å². The number of hydrogen-bond acceptors (Lipinski definition) is 2. The minimum absolute atomic E-state index is 0.311. The minimum atomic E-state index is -0.311. The smallest absolute Gasteiger partial charge is 0.244 e. The predicted molar refractivity (Wildman–Crippen MR) is 46.1 cm³/mol. The van der Waals surface area contributed by atoms with E-state index in [0.29, 0.717) is 5.57 Å². The maximum absolute atomic E-state index is 10.7. The average molecular weight is 156 g/mol. The largest absolute Gasteiger partial charge is 0.366 e. The van der Waals surface area contributed by atoms with Crippen LogP contribution in [0, 0.1) is 0 Å². The lowest BCUT2D eigenvalue weighted by molar-refractivity contribution is -0.114. The zero-order chi connectivity index (χ0) is 8.85. The summed E-state index contributed by atoms with van der Waals surface area (Å²) < 4.78 is 0. The number of carbonyl (C=O) groups excluding carboxylic acids is 1. The van der Waals surface area contributed by atoms with Gasteiger partial charge >= 0.3 is 0 Å². The second-order valence-corrected chi connectivity index (χ2v) is 2.73. The van der Waals surface area contributed by atoms with Crippen LogP contribution in [0.1, 0.15) is 13.3 Å². The van der Waals surface area contributed by atoms with Crippen molar-refractivity contribution in [3.05, 3.63) is 11.6 Å². The summed E-state index contributed by atoms with van der Waals surface area (Å²) in [5.74, 6) is -0.311. The molecule has 3 heteroatoms. The Morgan fingerprint density at radius 1 is 1.55 bits per heavy atom. The van der Waals surface area contributed by atoms with Gasteiger partial charge in [0.15, 0.2) is 0 Å². The van der Waals surface area contributed by atoms with E-state index in [1.807, 2.05) is 25.9 Å². The van der Waals surface area contributed by atoms with Gasteiger partial charge in [-0.15, -0.1) is 0 Å². The highest BCUT2D eigenvalue weighted by atomic mass is 16.1. The Bertz CT molecular complexity index is 161. The third-order valence-corrected chi connectivity index (χ3v) is 1.49. The molecular weight excluding hydrogens is 140 g/mol. The summed E-state index contributed by atoms with van der Waals surface area (Å²) in [6.45, 7) is 2.69. The first kappa shape index (κ1) is 10.2. The zero-order valence-electron chi connectivity index (χ0n) is 7.42. The topological polar surface area (TPSA) is 46.3 Å². The molecule has 0 heterocycles. The fourth-order valence-corrected chi connectivity index (χ4v) is 0.754. The molecule has 0 bridgehead atoms. The van der Waals surface area contributed by atoms with E-state index < -0.39 is 0 Å². The molecule has 0 aliphatic heterocycles. The number of amides is 1. The number of rotatable bonds is 4. The molecule has 0 rings (SSSR count). The number of primary amides is 1. The molecule has 0 aromatic carbocycles. The fourth-order valence-electron chi connectivity index (χ4n) is 0.754. The van der Waals surface area contributed by atoms with Crippen LogP contribution >= 0.6 is 0 Å². The van der Waals surface area contributed by atoms with Crippen LogP contribution in [0.15, 0.2) is 11.6 Å². The van der Waals surface area contributed by atoms with E-state index in [1.165, 1.54) is 0 Å². The van der Waals surface area contributed by atoms with E-state index in [-0.39, 0.29) is 5.91 Å². The van der Waals surface area contributed by atoms with Crippen molar-refractivity contribution in [2.45, 2.75) is 13.3 Å². The average Bonchev–Trinajstić information content (AvgIpc) is 1.87. The van der Waals surface area contributed by atoms with E-state index in [0.717, 1.165) is 13.0 Å². The predicted octanol–water partition coefficient (Wildman–Crippen LogP) is 0.370. The maximum Gasteiger partial charge on any atom is 0.244 e. The van der Waals surface area contributed by atoms with Crippen LogP contribution in [0.5, 0.6) is 0 Å². The molecule has 0 saturated carbocycles. The first-order chi connectivity index (χ1) is 5.07. The van der Waals surface area contributed by atoms with Crippen LogP contribution in [0.2, 0.25) is 0 Å². The summed E-state index contributed by atoms with van der Waals surface area (Å²) >= 11 is 0. The highest BCUT2D eigenvalue weighted by Gasteiger charge is 2.02. The van der Waals surface area contributed by atoms with Crippen molar-refractivity contribution < 1.29 is 4.79 Å². The molecule has 0 radical (unpaired) electrons. The lowest BCUT2D eigenvalue weighted by atomic mass is 10.1. The van der Waals surface area contributed by atoms with Gasteiger partial charge in [0, 0.05) is 12.1 Å². The van der Waals surface area contributed by atoms with Gasteiger partial charge in [0.05, 0.1) is 0 Å². The van der Waals surface area contributed by atoms with Crippen LogP contribution in [-0.2, 0) is 4.79 Å². The molecule has 0 fully saturated rings. The molecule has 0 aromatic heterocycles. The van der Waals surface area contributed by atoms with Crippen molar-refractivity contribution in [1.29, 1.82) is 0 Å². The van der Waals surface area contributed by atoms with Crippen molar-refractivity contribution >= 4 is 5.91 Å². The highest BCUT2D eigenvalue weighted by Crippen LogP contribution is 1.99. The van der Waals surface area contributed by atoms with Gasteiger partial charge in [0.25, 0.3) is 0 Å². The normalized spacial score (nSPS) is 12.2. The van der Waals surface area contributed by atoms with Crippen LogP contribution in [0.3, 0.4) is 0 Å². The summed E-state index contributed by atoms with van der Waals surface area (Å²) in [6, 6.07) is 0. The SMILES string of the molecule is CC=C(CCN(C)C)C(N)=O. The van der Waals surface area contributed by atoms with Gasteiger partial charge in [-0.2, -0.15) is 0 Å². The first-order valence-electron chi connectivity index (χ1n) is 3.67. The second kappa shape index (κ2) is 4.91. The Labute approximate surface area is 67.9 Å². The quantitative estimate of drug-likeness (QED) is 0.598. The lowest BCUT2D eigenvalue weighted by Gasteiger charge is -2.09. The minimum Gasteiger partial charge on any atom is -0.366 e. The Balaban J connectivity index is 3.82. The van der Waals surface area contributed by atoms with Crippen molar-refractivity contribution in [3.63, 3.8) is 0 Å². The van der Waals surface area contributed by atoms with Gasteiger partial charge in [-0.25, -0.2) is 0 Å². The monoisotopic (exact) mass is 156 g/mol. The lowest BCUT2D eigenvalue weighted by Crippen LogP contribution is -2.19. The Morgan fingerprint density at radius 3 is 2.36 bits per heavy atom. The molecule has 64 valence electrons. The molecule has 0 unspecified atom stereocenters. The molecule has 3 nitrogen and oxygen atoms in total. The van der Waals surface area contributed by atoms with Gasteiger partial charge in [-0.05, 0) is 27.4 Å². The molecule has 1 amide bonds. The van der Waals surface area contributed by atoms with Gasteiger partial charge < -0.3 is 10.6 Å². The Hall–Kier alpha value is -0.830. The fraction of sp³-hybridized carbons (Fsp3) is 0.625. The van der Waals surface area contributed by atoms with Crippen LogP contribution in [0.25, 0.3) is 0 Å². The molecule has 0 saturated heterocycles. The maximum atomic E-state index is 10.7. The number of hydrogen-bond donors (Lipinski definition) is 1. The van der Waals surface area contributed by atoms with Crippen molar-refractivity contribution in [1.82, 2.24) is 4.90 Å². The summed E-state index contributed by atoms with van der Waals surface area (Å²) in [7, 11) is 3.93. The van der Waals surface area contributed by atoms with E-state index in [1.54, 1.807) is 6.08 Å². The molecule has 0 aromatic rings. The van der Waals surface area contributed by atoms with E-state index in [2.05, 4.69) is 0 Å². The molecule has 0 atom stereocenters. The number of nitrogens with zero attached hydrogens (tertiary/aromatic N) is 1. The molecular formula is C8H16N2O. The molecule has 0 aliphatic rings. The highest BCUT2D eigenvalue weighted by molar-refractivity contribution is 5.91. The third-order valence-electron chi connectivity index (χ3n) is 1.49. The Kier molecular flexibility index (Phi) is 4.54. The number of carbonyl (C=O) groups is 1. The standard InChI is InChI=1S/C8H16N2O/c1-4-7(8(9)11)5-6-10(2)3/h4H,5-6H2,1-3H3,(H2,9,11). The number of allylic oxidation sites excluding steroid dienone is 1. The van der Waals surface area contributed by atoms with Crippen LogP contribution in [-0.4, -0.2) is 31.4 Å². The van der Waals surface area contributed by atoms with Crippen molar-refractivity contribution in [2.24, 2.45) is 5.73 Å². The van der Waals surface area contributed by atoms with E-state index in [9.17, 15) is 4.79 Å². The van der Waals surface area contributed by atoms with Gasteiger partial charge in [0.1, 0.15) is 0 Å². The summed E-state index contributed by atoms with van der Waals surface area (Å²) in [4.78, 5) is 12.7. The summed E-state index contributed by atoms with van der Waals surface area (Å²) in [5.41, 5.74) is 5.81. The van der Waals surface area contributed by atoms with Gasteiger partial charge in [-0.3, -0.25) is 4.79 Å². The van der Waals surface area contributed by atoms with Crippen LogP contribution in [0.4, 0.5) is 0 Å². The second-order valence-electron chi connectivity index (χ2n) is 2.73. The number of nitrogens with two attached hydrogens (primary N) is 1. The van der Waals surface area contributed by atoms with E-state index in [4.69, 9.17) is 5.73 Å². The van der Waals surface area contributed by atoms with E-state index >= 15 is 0 Å². The van der Waals surface area contributed by atoms with Crippen LogP contribution < -0.4 is 5.73 Å². The molecule has 11 heavy (non-hydrogen) atoms. The molecule has 0 aliphatic carbocycles.